The Morgan fingerprint density at radius 2 is 1.62 bits per heavy atom. The summed E-state index contributed by atoms with van der Waals surface area (Å²) in [6.45, 7) is 6.03. The van der Waals surface area contributed by atoms with Crippen molar-refractivity contribution in [3.05, 3.63) is 31.2 Å². The summed E-state index contributed by atoms with van der Waals surface area (Å²) in [6, 6.07) is 0. The molecule has 0 N–H and O–H groups in total. The van der Waals surface area contributed by atoms with Crippen molar-refractivity contribution >= 4 is 0 Å². The highest BCUT2D eigenvalue weighted by atomic mass is 13.9. The molecule has 0 aliphatic rings. The van der Waals surface area contributed by atoms with Crippen LogP contribution in [0.1, 0.15) is 51.9 Å². The smallest absolute Gasteiger partial charge is 0.0169 e. The van der Waals surface area contributed by atoms with Crippen LogP contribution < -0.4 is 0 Å². The van der Waals surface area contributed by atoms with E-state index in [1.165, 1.54) is 32.1 Å². The fourth-order valence-electron chi connectivity index (χ4n) is 1.11. The average Bonchev–Trinajstić information content (AvgIpc) is 2.16. The second kappa shape index (κ2) is 11.5. The summed E-state index contributed by atoms with van der Waals surface area (Å²) >= 11 is 0. The van der Waals surface area contributed by atoms with Crippen LogP contribution in [0.2, 0.25) is 0 Å². The Bertz CT molecular complexity index is 131. The van der Waals surface area contributed by atoms with E-state index in [4.69, 9.17) is 0 Å². The zero-order valence-electron chi connectivity index (χ0n) is 8.97. The lowest BCUT2D eigenvalue weighted by atomic mass is 10.2. The molecular formula is C13H23. The molecule has 1 radical (unpaired) electrons. The molecule has 0 aromatic heterocycles. The first-order chi connectivity index (χ1) is 6.41. The van der Waals surface area contributed by atoms with Gasteiger partial charge in [0.2, 0.25) is 0 Å². The van der Waals surface area contributed by atoms with E-state index >= 15 is 0 Å². The monoisotopic (exact) mass is 179 g/mol. The van der Waals surface area contributed by atoms with E-state index in [9.17, 15) is 0 Å². The third-order valence-corrected chi connectivity index (χ3v) is 1.93. The van der Waals surface area contributed by atoms with Crippen molar-refractivity contribution < 1.29 is 0 Å². The summed E-state index contributed by atoms with van der Waals surface area (Å²) in [5.74, 6) is 0. The molecule has 75 valence electrons. The van der Waals surface area contributed by atoms with Crippen LogP contribution in [0.4, 0.5) is 0 Å². The fraction of sp³-hybridized carbons (Fsp3) is 0.615. The predicted octanol–water partition coefficient (Wildman–Crippen LogP) is 4.68. The van der Waals surface area contributed by atoms with Crippen LogP contribution >= 0.6 is 0 Å². The molecule has 0 aliphatic heterocycles. The van der Waals surface area contributed by atoms with Gasteiger partial charge in [-0.15, -0.1) is 0 Å². The van der Waals surface area contributed by atoms with Gasteiger partial charge in [0.25, 0.3) is 0 Å². The molecule has 0 amide bonds. The van der Waals surface area contributed by atoms with Crippen LogP contribution in [0.15, 0.2) is 24.3 Å². The molecule has 0 saturated heterocycles. The minimum Gasteiger partial charge on any atom is -0.0882 e. The van der Waals surface area contributed by atoms with Crippen LogP contribution in [0.5, 0.6) is 0 Å². The van der Waals surface area contributed by atoms with Gasteiger partial charge in [-0.05, 0) is 25.7 Å². The third-order valence-electron chi connectivity index (χ3n) is 1.93. The van der Waals surface area contributed by atoms with Crippen molar-refractivity contribution in [2.45, 2.75) is 51.9 Å². The topological polar surface area (TPSA) is 0 Å². The molecular weight excluding hydrogens is 156 g/mol. The van der Waals surface area contributed by atoms with E-state index in [-0.39, 0.29) is 0 Å². The highest BCUT2D eigenvalue weighted by molar-refractivity contribution is 4.92. The van der Waals surface area contributed by atoms with Crippen molar-refractivity contribution in [2.75, 3.05) is 0 Å². The van der Waals surface area contributed by atoms with Crippen LogP contribution in [0.3, 0.4) is 0 Å². The van der Waals surface area contributed by atoms with Gasteiger partial charge >= 0.3 is 0 Å². The van der Waals surface area contributed by atoms with Crippen LogP contribution in [0, 0.1) is 6.92 Å². The molecule has 0 spiro atoms. The minimum atomic E-state index is 1.07. The molecule has 0 aromatic rings. The molecule has 13 heavy (non-hydrogen) atoms. The lowest BCUT2D eigenvalue weighted by Crippen LogP contribution is -1.70. The standard InChI is InChI=1S/C13H23/c1-3-5-7-9-11-13-12-10-8-6-4-2/h8,10-11,13H,1,3-7,9,12H2,2H3/b10-8+,13-11+. The largest absolute Gasteiger partial charge is 0.0882 e. The van der Waals surface area contributed by atoms with Crippen molar-refractivity contribution in [1.82, 2.24) is 0 Å². The van der Waals surface area contributed by atoms with Gasteiger partial charge in [0.05, 0.1) is 0 Å². The first kappa shape index (κ1) is 12.5. The summed E-state index contributed by atoms with van der Waals surface area (Å²) in [7, 11) is 0. The lowest BCUT2D eigenvalue weighted by Gasteiger charge is -1.90. The Labute approximate surface area is 83.7 Å². The molecule has 0 atom stereocenters. The van der Waals surface area contributed by atoms with Gasteiger partial charge in [-0.3, -0.25) is 0 Å². The summed E-state index contributed by atoms with van der Waals surface area (Å²) in [4.78, 5) is 0. The van der Waals surface area contributed by atoms with E-state index in [1.54, 1.807) is 0 Å². The van der Waals surface area contributed by atoms with E-state index in [0.29, 0.717) is 0 Å². The van der Waals surface area contributed by atoms with Crippen LogP contribution in [-0.4, -0.2) is 0 Å². The summed E-state index contributed by atoms with van der Waals surface area (Å²) in [6.07, 6.45) is 17.5. The van der Waals surface area contributed by atoms with E-state index in [0.717, 1.165) is 12.8 Å². The van der Waals surface area contributed by atoms with Crippen molar-refractivity contribution in [3.63, 3.8) is 0 Å². The zero-order chi connectivity index (χ0) is 9.78. The van der Waals surface area contributed by atoms with Crippen molar-refractivity contribution in [1.29, 1.82) is 0 Å². The fourth-order valence-corrected chi connectivity index (χ4v) is 1.11. The number of hydrogen-bond acceptors (Lipinski definition) is 0. The Hall–Kier alpha value is -0.520. The summed E-state index contributed by atoms with van der Waals surface area (Å²) in [5, 5.41) is 0. The minimum absolute atomic E-state index is 1.07. The Balaban J connectivity index is 3.11. The lowest BCUT2D eigenvalue weighted by molar-refractivity contribution is 0.759. The maximum Gasteiger partial charge on any atom is -0.0169 e. The Morgan fingerprint density at radius 1 is 0.923 bits per heavy atom. The summed E-state index contributed by atoms with van der Waals surface area (Å²) < 4.78 is 0. The van der Waals surface area contributed by atoms with Crippen molar-refractivity contribution in [3.8, 4) is 0 Å². The number of allylic oxidation sites excluding steroid dienone is 4. The number of hydrogen-bond donors (Lipinski definition) is 0. The maximum absolute atomic E-state index is 3.82. The van der Waals surface area contributed by atoms with Gasteiger partial charge in [-0.1, -0.05) is 57.4 Å². The first-order valence-electron chi connectivity index (χ1n) is 5.51. The van der Waals surface area contributed by atoms with Gasteiger partial charge in [-0.2, -0.15) is 0 Å². The van der Waals surface area contributed by atoms with E-state index in [2.05, 4.69) is 38.2 Å². The average molecular weight is 179 g/mol. The molecule has 0 nitrogen and oxygen atoms in total. The van der Waals surface area contributed by atoms with Gasteiger partial charge in [-0.25, -0.2) is 0 Å². The summed E-state index contributed by atoms with van der Waals surface area (Å²) in [5.41, 5.74) is 0. The molecule has 0 fully saturated rings. The third kappa shape index (κ3) is 11.5. The highest BCUT2D eigenvalue weighted by Crippen LogP contribution is 2.00. The van der Waals surface area contributed by atoms with Crippen molar-refractivity contribution in [2.24, 2.45) is 0 Å². The molecule has 0 bridgehead atoms. The quantitative estimate of drug-likeness (QED) is 0.375. The zero-order valence-corrected chi connectivity index (χ0v) is 8.97. The molecule has 0 rings (SSSR count). The number of rotatable bonds is 8. The number of unbranched alkanes of at least 4 members (excludes halogenated alkanes) is 4. The van der Waals surface area contributed by atoms with Gasteiger partial charge in [0.1, 0.15) is 0 Å². The Kier molecular flexibility index (Phi) is 11.0. The molecule has 0 saturated carbocycles. The SMILES string of the molecule is [CH2]CCCC/C=C/C/C=C/CCC. The normalized spacial score (nSPS) is 11.8. The van der Waals surface area contributed by atoms with Crippen LogP contribution in [-0.2, 0) is 0 Å². The Morgan fingerprint density at radius 3 is 2.23 bits per heavy atom. The molecule has 0 heterocycles. The molecule has 0 unspecified atom stereocenters. The predicted molar refractivity (Wildman–Crippen MR) is 61.6 cm³/mol. The van der Waals surface area contributed by atoms with Gasteiger partial charge in [0, 0.05) is 0 Å². The highest BCUT2D eigenvalue weighted by Gasteiger charge is 1.80. The molecule has 0 heteroatoms. The van der Waals surface area contributed by atoms with Crippen LogP contribution in [0.25, 0.3) is 0 Å². The van der Waals surface area contributed by atoms with E-state index < -0.39 is 0 Å². The first-order valence-corrected chi connectivity index (χ1v) is 5.51. The maximum atomic E-state index is 3.82. The molecule has 0 aromatic carbocycles. The van der Waals surface area contributed by atoms with Gasteiger partial charge < -0.3 is 0 Å². The second-order valence-electron chi connectivity index (χ2n) is 3.32. The molecule has 0 aliphatic carbocycles. The second-order valence-corrected chi connectivity index (χ2v) is 3.32. The van der Waals surface area contributed by atoms with Gasteiger partial charge in [0.15, 0.2) is 0 Å². The van der Waals surface area contributed by atoms with E-state index in [1.807, 2.05) is 0 Å².